The van der Waals surface area contributed by atoms with Crippen LogP contribution in [0, 0.1) is 5.41 Å². The summed E-state index contributed by atoms with van der Waals surface area (Å²) < 4.78 is 0. The number of hydrogen-bond donors (Lipinski definition) is 0. The minimum absolute atomic E-state index is 0.0563. The van der Waals surface area contributed by atoms with Gasteiger partial charge in [0.15, 0.2) is 11.5 Å². The topological polar surface area (TPSA) is 50.0 Å². The van der Waals surface area contributed by atoms with Gasteiger partial charge < -0.3 is 0 Å². The molecule has 1 aliphatic rings. The third kappa shape index (κ3) is 2.72. The number of azo groups is 1. The van der Waals surface area contributed by atoms with Crippen LogP contribution in [0.4, 0.5) is 0 Å². The van der Waals surface area contributed by atoms with Gasteiger partial charge >= 0.3 is 0 Å². The van der Waals surface area contributed by atoms with Gasteiger partial charge in [-0.15, -0.1) is 5.11 Å². The fraction of sp³-hybridized carbons (Fsp3) is 0.600. The van der Waals surface area contributed by atoms with E-state index in [1.807, 2.05) is 25.1 Å². The molecule has 0 aromatic carbocycles. The highest BCUT2D eigenvalue weighted by Crippen LogP contribution is 2.38. The van der Waals surface area contributed by atoms with Crippen LogP contribution >= 0.6 is 0 Å². The summed E-state index contributed by atoms with van der Waals surface area (Å²) in [7, 11) is 0. The molecule has 0 saturated heterocycles. The van der Waals surface area contributed by atoms with Gasteiger partial charge in [-0.1, -0.05) is 40.2 Å². The molecule has 1 atom stereocenters. The summed E-state index contributed by atoms with van der Waals surface area (Å²) in [6, 6.07) is 6.01. The molecule has 1 aliphatic heterocycles. The monoisotopic (exact) mass is 258 g/mol. The van der Waals surface area contributed by atoms with Crippen LogP contribution in [-0.2, 0) is 6.42 Å². The number of aryl methyl sites for hydroxylation is 1. The maximum atomic E-state index is 4.68. The van der Waals surface area contributed by atoms with E-state index >= 15 is 0 Å². The Morgan fingerprint density at radius 2 is 1.95 bits per heavy atom. The van der Waals surface area contributed by atoms with Crippen LogP contribution in [0.2, 0.25) is 0 Å². The van der Waals surface area contributed by atoms with Crippen LogP contribution in [0.1, 0.15) is 52.4 Å². The molecule has 0 fully saturated rings. The molecule has 2 rings (SSSR count). The number of hydrogen-bond acceptors (Lipinski definition) is 4. The van der Waals surface area contributed by atoms with Crippen LogP contribution in [0.3, 0.4) is 0 Å². The first-order chi connectivity index (χ1) is 8.86. The van der Waals surface area contributed by atoms with Gasteiger partial charge in [0, 0.05) is 11.1 Å². The van der Waals surface area contributed by atoms with Crippen molar-refractivity contribution in [3.63, 3.8) is 0 Å². The molecular weight excluding hydrogens is 236 g/mol. The van der Waals surface area contributed by atoms with E-state index in [9.17, 15) is 0 Å². The third-order valence-electron chi connectivity index (χ3n) is 3.63. The molecule has 4 nitrogen and oxygen atoms in total. The van der Waals surface area contributed by atoms with Crippen LogP contribution in [0.15, 0.2) is 33.4 Å². The summed E-state index contributed by atoms with van der Waals surface area (Å²) in [6.07, 6.45) is 2.07. The summed E-state index contributed by atoms with van der Waals surface area (Å²) in [5, 5.41) is 8.59. The Bertz CT molecular complexity index is 525. The molecule has 0 aliphatic carbocycles. The van der Waals surface area contributed by atoms with Crippen LogP contribution in [-0.4, -0.2) is 16.5 Å². The second-order valence-electron chi connectivity index (χ2n) is 6.17. The van der Waals surface area contributed by atoms with Gasteiger partial charge in [-0.2, -0.15) is 5.11 Å². The van der Waals surface area contributed by atoms with Gasteiger partial charge in [0.1, 0.15) is 5.69 Å². The molecule has 2 heterocycles. The van der Waals surface area contributed by atoms with Gasteiger partial charge in [-0.05, 0) is 25.5 Å². The number of amidine groups is 1. The zero-order valence-electron chi connectivity index (χ0n) is 12.4. The fourth-order valence-corrected chi connectivity index (χ4v) is 1.82. The van der Waals surface area contributed by atoms with Gasteiger partial charge in [-0.3, -0.25) is 0 Å². The highest BCUT2D eigenvalue weighted by atomic mass is 15.3. The van der Waals surface area contributed by atoms with E-state index < -0.39 is 5.66 Å². The first-order valence-electron chi connectivity index (χ1n) is 6.85. The van der Waals surface area contributed by atoms with Gasteiger partial charge in [-0.25, -0.2) is 9.98 Å². The highest BCUT2D eigenvalue weighted by Gasteiger charge is 2.41. The van der Waals surface area contributed by atoms with Crippen molar-refractivity contribution in [3.05, 3.63) is 29.6 Å². The number of nitrogens with zero attached hydrogens (tertiary/aromatic N) is 4. The van der Waals surface area contributed by atoms with Crippen molar-refractivity contribution in [2.24, 2.45) is 20.6 Å². The minimum Gasteiger partial charge on any atom is -0.249 e. The molecule has 1 aromatic heterocycles. The van der Waals surface area contributed by atoms with Crippen molar-refractivity contribution in [2.45, 2.75) is 53.1 Å². The van der Waals surface area contributed by atoms with Gasteiger partial charge in [0.25, 0.3) is 0 Å². The molecule has 1 aromatic rings. The highest BCUT2D eigenvalue weighted by molar-refractivity contribution is 5.98. The second-order valence-corrected chi connectivity index (χ2v) is 6.17. The fourth-order valence-electron chi connectivity index (χ4n) is 1.82. The summed E-state index contributed by atoms with van der Waals surface area (Å²) in [6.45, 7) is 10.5. The zero-order chi connectivity index (χ0) is 14.1. The quantitative estimate of drug-likeness (QED) is 0.808. The number of pyridine rings is 1. The van der Waals surface area contributed by atoms with E-state index in [-0.39, 0.29) is 5.41 Å². The third-order valence-corrected chi connectivity index (χ3v) is 3.63. The standard InChI is InChI=1S/C15H22N4/c1-6-8-11-9-7-10-12(16-11)13-17-15(5,19-18-13)14(2,3)4/h7,9-10H,6,8H2,1-5H3. The van der Waals surface area contributed by atoms with Crippen molar-refractivity contribution in [3.8, 4) is 0 Å². The van der Waals surface area contributed by atoms with E-state index in [0.29, 0.717) is 5.84 Å². The van der Waals surface area contributed by atoms with E-state index in [1.165, 1.54) is 0 Å². The van der Waals surface area contributed by atoms with Crippen molar-refractivity contribution < 1.29 is 0 Å². The van der Waals surface area contributed by atoms with E-state index in [1.54, 1.807) is 0 Å². The normalized spacial score (nSPS) is 22.7. The maximum absolute atomic E-state index is 4.68. The van der Waals surface area contributed by atoms with Crippen molar-refractivity contribution in [1.82, 2.24) is 4.98 Å². The largest absolute Gasteiger partial charge is 0.249 e. The lowest BCUT2D eigenvalue weighted by Crippen LogP contribution is -2.34. The molecule has 1 unspecified atom stereocenters. The molecule has 0 radical (unpaired) electrons. The molecule has 0 spiro atoms. The molecule has 19 heavy (non-hydrogen) atoms. The minimum atomic E-state index is -0.495. The lowest BCUT2D eigenvalue weighted by atomic mass is 9.83. The number of aliphatic imine (C=N–C) groups is 1. The molecule has 0 bridgehead atoms. The summed E-state index contributed by atoms with van der Waals surface area (Å²) >= 11 is 0. The van der Waals surface area contributed by atoms with Crippen molar-refractivity contribution >= 4 is 5.84 Å². The van der Waals surface area contributed by atoms with E-state index in [2.05, 4.69) is 47.9 Å². The van der Waals surface area contributed by atoms with Gasteiger partial charge in [0.2, 0.25) is 0 Å². The smallest absolute Gasteiger partial charge is 0.197 e. The molecule has 4 heteroatoms. The van der Waals surface area contributed by atoms with Crippen molar-refractivity contribution in [2.75, 3.05) is 0 Å². The van der Waals surface area contributed by atoms with Crippen LogP contribution < -0.4 is 0 Å². The Morgan fingerprint density at radius 1 is 1.21 bits per heavy atom. The average Bonchev–Trinajstić information content (AvgIpc) is 2.74. The first kappa shape index (κ1) is 13.8. The Morgan fingerprint density at radius 3 is 2.53 bits per heavy atom. The number of aromatic nitrogens is 1. The zero-order valence-corrected chi connectivity index (χ0v) is 12.4. The lowest BCUT2D eigenvalue weighted by Gasteiger charge is -2.31. The molecule has 0 amide bonds. The SMILES string of the molecule is CCCc1cccc(C2=NC(C)(C(C)(C)C)N=N2)n1. The summed E-state index contributed by atoms with van der Waals surface area (Å²) in [5.41, 5.74) is 1.36. The Balaban J connectivity index is 2.32. The van der Waals surface area contributed by atoms with Crippen molar-refractivity contribution in [1.29, 1.82) is 0 Å². The summed E-state index contributed by atoms with van der Waals surface area (Å²) in [5.74, 6) is 0.648. The Labute approximate surface area is 115 Å². The predicted octanol–water partition coefficient (Wildman–Crippen LogP) is 4.01. The molecular formula is C15H22N4. The van der Waals surface area contributed by atoms with E-state index in [4.69, 9.17) is 0 Å². The van der Waals surface area contributed by atoms with Gasteiger partial charge in [0.05, 0.1) is 0 Å². The second kappa shape index (κ2) is 4.83. The number of rotatable bonds is 3. The van der Waals surface area contributed by atoms with Crippen LogP contribution in [0.5, 0.6) is 0 Å². The molecule has 102 valence electrons. The Hall–Kier alpha value is -1.58. The summed E-state index contributed by atoms with van der Waals surface area (Å²) in [4.78, 5) is 9.29. The molecule has 0 saturated carbocycles. The lowest BCUT2D eigenvalue weighted by molar-refractivity contribution is 0.220. The predicted molar refractivity (Wildman–Crippen MR) is 77.5 cm³/mol. The average molecular weight is 258 g/mol. The van der Waals surface area contributed by atoms with Crippen LogP contribution in [0.25, 0.3) is 0 Å². The first-order valence-corrected chi connectivity index (χ1v) is 6.85. The maximum Gasteiger partial charge on any atom is 0.197 e. The Kier molecular flexibility index (Phi) is 3.52. The molecule has 0 N–H and O–H groups in total. The van der Waals surface area contributed by atoms with E-state index in [0.717, 1.165) is 24.2 Å².